The molecule has 2 aromatic heterocycles. The topological polar surface area (TPSA) is 67.2 Å². The van der Waals surface area contributed by atoms with Crippen LogP contribution in [0.15, 0.2) is 29.7 Å². The molecule has 0 saturated carbocycles. The van der Waals surface area contributed by atoms with Crippen molar-refractivity contribution in [2.24, 2.45) is 0 Å². The van der Waals surface area contributed by atoms with Crippen molar-refractivity contribution < 1.29 is 9.53 Å². The first kappa shape index (κ1) is 17.2. The van der Waals surface area contributed by atoms with Crippen LogP contribution in [0.3, 0.4) is 0 Å². The number of fused-ring (bicyclic) bond motifs is 1. The number of morpholine rings is 1. The summed E-state index contributed by atoms with van der Waals surface area (Å²) in [5.41, 5.74) is 1.33. The molecule has 0 spiro atoms. The van der Waals surface area contributed by atoms with Crippen LogP contribution < -0.4 is 10.5 Å². The largest absolute Gasteiger partial charge is 0.375 e. The van der Waals surface area contributed by atoms with Gasteiger partial charge in [-0.15, -0.1) is 0 Å². The lowest BCUT2D eigenvalue weighted by Crippen LogP contribution is -2.42. The molecular weight excluding hydrogens is 320 g/mol. The van der Waals surface area contributed by atoms with Gasteiger partial charge < -0.3 is 14.5 Å². The SMILES string of the molecule is C=Cc1cc(C(=O)N(C)C)cn2c(=O)cc(N3CCOC(C)C3)nc12. The molecule has 3 rings (SSSR count). The number of ether oxygens (including phenoxy) is 1. The second-order valence-electron chi connectivity index (χ2n) is 6.36. The van der Waals surface area contributed by atoms with Crippen molar-refractivity contribution in [2.45, 2.75) is 13.0 Å². The van der Waals surface area contributed by atoms with Gasteiger partial charge in [0.05, 0.1) is 18.3 Å². The summed E-state index contributed by atoms with van der Waals surface area (Å²) in [6, 6.07) is 3.21. The quantitative estimate of drug-likeness (QED) is 0.840. The Bertz CT molecular complexity index is 888. The molecule has 0 aliphatic carbocycles. The molecule has 1 atom stereocenters. The summed E-state index contributed by atoms with van der Waals surface area (Å²) >= 11 is 0. The monoisotopic (exact) mass is 342 g/mol. The highest BCUT2D eigenvalue weighted by atomic mass is 16.5. The van der Waals surface area contributed by atoms with Crippen molar-refractivity contribution in [2.75, 3.05) is 38.7 Å². The minimum Gasteiger partial charge on any atom is -0.375 e. The first-order valence-electron chi connectivity index (χ1n) is 8.19. The third-order valence-electron chi connectivity index (χ3n) is 4.21. The maximum atomic E-state index is 12.6. The Kier molecular flexibility index (Phi) is 4.59. The smallest absolute Gasteiger partial charge is 0.259 e. The predicted molar refractivity (Wildman–Crippen MR) is 97.2 cm³/mol. The molecule has 0 aromatic carbocycles. The Morgan fingerprint density at radius 1 is 1.44 bits per heavy atom. The van der Waals surface area contributed by atoms with Gasteiger partial charge in [-0.1, -0.05) is 12.7 Å². The number of hydrogen-bond acceptors (Lipinski definition) is 5. The summed E-state index contributed by atoms with van der Waals surface area (Å²) < 4.78 is 6.95. The van der Waals surface area contributed by atoms with E-state index in [-0.39, 0.29) is 17.6 Å². The average Bonchev–Trinajstić information content (AvgIpc) is 2.60. The van der Waals surface area contributed by atoms with E-state index in [1.54, 1.807) is 26.2 Å². The molecule has 25 heavy (non-hydrogen) atoms. The van der Waals surface area contributed by atoms with Gasteiger partial charge in [-0.25, -0.2) is 4.98 Å². The Hall–Kier alpha value is -2.67. The van der Waals surface area contributed by atoms with Crippen LogP contribution in [-0.4, -0.2) is 60.1 Å². The van der Waals surface area contributed by atoms with Crippen molar-refractivity contribution in [3.63, 3.8) is 0 Å². The maximum absolute atomic E-state index is 12.6. The molecule has 3 heterocycles. The molecule has 1 fully saturated rings. The fraction of sp³-hybridized carbons (Fsp3) is 0.389. The van der Waals surface area contributed by atoms with E-state index in [2.05, 4.69) is 11.6 Å². The first-order valence-corrected chi connectivity index (χ1v) is 8.19. The van der Waals surface area contributed by atoms with E-state index in [1.165, 1.54) is 21.6 Å². The maximum Gasteiger partial charge on any atom is 0.259 e. The standard InChI is InChI=1S/C18H22N4O3/c1-5-13-8-14(18(24)20(3)4)11-22-16(23)9-15(19-17(13)22)21-6-7-25-12(2)10-21/h5,8-9,11-12H,1,6-7,10H2,2-4H3. The third kappa shape index (κ3) is 3.28. The number of aromatic nitrogens is 2. The van der Waals surface area contributed by atoms with Crippen LogP contribution in [0.5, 0.6) is 0 Å². The van der Waals surface area contributed by atoms with Gasteiger partial charge >= 0.3 is 0 Å². The van der Waals surface area contributed by atoms with Gasteiger partial charge in [-0.05, 0) is 13.0 Å². The molecule has 132 valence electrons. The van der Waals surface area contributed by atoms with Crippen LogP contribution in [0.25, 0.3) is 11.7 Å². The van der Waals surface area contributed by atoms with Crippen molar-refractivity contribution >= 4 is 23.4 Å². The number of pyridine rings is 1. The molecular formula is C18H22N4O3. The van der Waals surface area contributed by atoms with Crippen molar-refractivity contribution in [1.82, 2.24) is 14.3 Å². The summed E-state index contributed by atoms with van der Waals surface area (Å²) in [7, 11) is 3.34. The molecule has 2 aromatic rings. The van der Waals surface area contributed by atoms with Gasteiger partial charge in [-0.3, -0.25) is 14.0 Å². The fourth-order valence-corrected chi connectivity index (χ4v) is 2.93. The van der Waals surface area contributed by atoms with Crippen LogP contribution in [0, 0.1) is 0 Å². The lowest BCUT2D eigenvalue weighted by molar-refractivity contribution is 0.0529. The highest BCUT2D eigenvalue weighted by Gasteiger charge is 2.20. The van der Waals surface area contributed by atoms with Crippen LogP contribution in [-0.2, 0) is 4.74 Å². The number of anilines is 1. The molecule has 7 heteroatoms. The third-order valence-corrected chi connectivity index (χ3v) is 4.21. The lowest BCUT2D eigenvalue weighted by atomic mass is 10.1. The van der Waals surface area contributed by atoms with E-state index in [4.69, 9.17) is 4.74 Å². The van der Waals surface area contributed by atoms with Crippen LogP contribution >= 0.6 is 0 Å². The molecule has 1 amide bonds. The van der Waals surface area contributed by atoms with Gasteiger partial charge in [0, 0.05) is 45.0 Å². The molecule has 7 nitrogen and oxygen atoms in total. The van der Waals surface area contributed by atoms with E-state index in [0.717, 1.165) is 0 Å². The Morgan fingerprint density at radius 3 is 2.84 bits per heavy atom. The summed E-state index contributed by atoms with van der Waals surface area (Å²) in [6.07, 6.45) is 3.24. The van der Waals surface area contributed by atoms with E-state index >= 15 is 0 Å². The zero-order chi connectivity index (χ0) is 18.1. The molecule has 0 radical (unpaired) electrons. The second kappa shape index (κ2) is 6.68. The van der Waals surface area contributed by atoms with Crippen molar-refractivity contribution in [3.8, 4) is 0 Å². The van der Waals surface area contributed by atoms with E-state index in [0.29, 0.717) is 42.3 Å². The summed E-state index contributed by atoms with van der Waals surface area (Å²) in [4.78, 5) is 33.1. The molecule has 1 aliphatic rings. The van der Waals surface area contributed by atoms with Crippen LogP contribution in [0.4, 0.5) is 5.82 Å². The fourth-order valence-electron chi connectivity index (χ4n) is 2.93. The van der Waals surface area contributed by atoms with Gasteiger partial charge in [0.15, 0.2) is 0 Å². The average molecular weight is 342 g/mol. The van der Waals surface area contributed by atoms with Crippen LogP contribution in [0.2, 0.25) is 0 Å². The van der Waals surface area contributed by atoms with Gasteiger partial charge in [0.2, 0.25) is 0 Å². The highest BCUT2D eigenvalue weighted by molar-refractivity contribution is 5.95. The number of carbonyl (C=O) groups is 1. The highest BCUT2D eigenvalue weighted by Crippen LogP contribution is 2.18. The van der Waals surface area contributed by atoms with Crippen molar-refractivity contribution in [1.29, 1.82) is 0 Å². The molecule has 1 aliphatic heterocycles. The zero-order valence-electron chi connectivity index (χ0n) is 14.7. The Balaban J connectivity index is 2.14. The molecule has 1 unspecified atom stereocenters. The summed E-state index contributed by atoms with van der Waals surface area (Å²) in [5, 5.41) is 0. The number of rotatable bonds is 3. The lowest BCUT2D eigenvalue weighted by Gasteiger charge is -2.32. The molecule has 1 saturated heterocycles. The Morgan fingerprint density at radius 2 is 2.20 bits per heavy atom. The minimum absolute atomic E-state index is 0.0907. The predicted octanol–water partition coefficient (Wildman–Crippen LogP) is 1.26. The minimum atomic E-state index is -0.226. The van der Waals surface area contributed by atoms with E-state index in [9.17, 15) is 9.59 Å². The number of hydrogen-bond donors (Lipinski definition) is 0. The van der Waals surface area contributed by atoms with Gasteiger partial charge in [-0.2, -0.15) is 0 Å². The number of carbonyl (C=O) groups excluding carboxylic acids is 1. The number of amides is 1. The van der Waals surface area contributed by atoms with E-state index in [1.807, 2.05) is 11.8 Å². The van der Waals surface area contributed by atoms with Gasteiger partial charge in [0.25, 0.3) is 11.5 Å². The Labute approximate surface area is 146 Å². The molecule has 0 N–H and O–H groups in total. The summed E-state index contributed by atoms with van der Waals surface area (Å²) in [5.74, 6) is 0.443. The second-order valence-corrected chi connectivity index (χ2v) is 6.36. The zero-order valence-corrected chi connectivity index (χ0v) is 14.7. The van der Waals surface area contributed by atoms with Gasteiger partial charge in [0.1, 0.15) is 11.5 Å². The first-order chi connectivity index (χ1) is 11.9. The molecule has 0 bridgehead atoms. The van der Waals surface area contributed by atoms with Crippen LogP contribution in [0.1, 0.15) is 22.8 Å². The van der Waals surface area contributed by atoms with Crippen molar-refractivity contribution in [3.05, 3.63) is 46.4 Å². The summed E-state index contributed by atoms with van der Waals surface area (Å²) in [6.45, 7) is 7.77. The van der Waals surface area contributed by atoms with E-state index < -0.39 is 0 Å². The normalized spacial score (nSPS) is 17.6. The number of nitrogens with zero attached hydrogens (tertiary/aromatic N) is 4.